The van der Waals surface area contributed by atoms with E-state index < -0.39 is 5.91 Å². The van der Waals surface area contributed by atoms with Crippen LogP contribution in [0.2, 0.25) is 0 Å². The predicted octanol–water partition coefficient (Wildman–Crippen LogP) is 3.01. The van der Waals surface area contributed by atoms with Gasteiger partial charge in [-0.1, -0.05) is 15.9 Å². The maximum atomic E-state index is 10.5. The average Bonchev–Trinajstić information content (AvgIpc) is 2.76. The number of carbonyl (C=O) groups is 1. The van der Waals surface area contributed by atoms with E-state index in [4.69, 9.17) is 5.73 Å². The van der Waals surface area contributed by atoms with E-state index in [0.29, 0.717) is 5.56 Å². The van der Waals surface area contributed by atoms with Crippen LogP contribution in [-0.4, -0.2) is 18.2 Å². The highest BCUT2D eigenvalue weighted by Crippen LogP contribution is 2.21. The Morgan fingerprint density at radius 3 is 2.07 bits per heavy atom. The van der Waals surface area contributed by atoms with Crippen molar-refractivity contribution < 1.29 is 4.79 Å². The molecule has 0 spiro atoms. The van der Waals surface area contributed by atoms with Gasteiger partial charge in [-0.25, -0.2) is 0 Å². The highest BCUT2D eigenvalue weighted by Gasteiger charge is 1.96. The van der Waals surface area contributed by atoms with Crippen molar-refractivity contribution in [2.75, 3.05) is 12.3 Å². The van der Waals surface area contributed by atoms with E-state index in [2.05, 4.69) is 15.9 Å². The van der Waals surface area contributed by atoms with Gasteiger partial charge in [0.2, 0.25) is 5.91 Å². The van der Waals surface area contributed by atoms with Crippen LogP contribution in [0.15, 0.2) is 28.7 Å². The van der Waals surface area contributed by atoms with Crippen LogP contribution in [-0.2, 0) is 0 Å². The van der Waals surface area contributed by atoms with Gasteiger partial charge in [-0.3, -0.25) is 4.79 Å². The molecule has 0 aliphatic carbocycles. The molecular weight excluding hydrogens is 273 g/mol. The lowest BCUT2D eigenvalue weighted by molar-refractivity contribution is 0.100. The predicted molar refractivity (Wildman–Crippen MR) is 69.9 cm³/mol. The molecule has 15 heavy (non-hydrogen) atoms. The third-order valence-corrected chi connectivity index (χ3v) is 4.03. The van der Waals surface area contributed by atoms with Crippen molar-refractivity contribution in [2.24, 2.45) is 5.73 Å². The first kappa shape index (κ1) is 12.7. The van der Waals surface area contributed by atoms with E-state index in [9.17, 15) is 4.79 Å². The molecule has 0 bridgehead atoms. The van der Waals surface area contributed by atoms with Gasteiger partial charge >= 0.3 is 0 Å². The molecule has 0 aromatic heterocycles. The van der Waals surface area contributed by atoms with Gasteiger partial charge < -0.3 is 5.73 Å². The molecule has 1 aromatic carbocycles. The summed E-state index contributed by atoms with van der Waals surface area (Å²) in [5.41, 5.74) is 5.54. The molecule has 82 valence electrons. The standard InChI is InChI=1S/C7H6BrNO.C4H9P/c8-6-3-1-5(2-4-6)7(9)10;1-2-4-5-3-1/h1-4H,(H2,9,10);5H,1-4H2. The van der Waals surface area contributed by atoms with Crippen LogP contribution in [0.1, 0.15) is 23.2 Å². The molecular formula is C11H15BrNOP. The quantitative estimate of drug-likeness (QED) is 0.793. The number of hydrogen-bond acceptors (Lipinski definition) is 1. The number of hydrogen-bond donors (Lipinski definition) is 1. The Kier molecular flexibility index (Phi) is 5.89. The summed E-state index contributed by atoms with van der Waals surface area (Å²) in [6.07, 6.45) is 6.08. The molecule has 4 heteroatoms. The second kappa shape index (κ2) is 6.97. The maximum Gasteiger partial charge on any atom is 0.248 e. The first-order valence-electron chi connectivity index (χ1n) is 4.96. The van der Waals surface area contributed by atoms with Gasteiger partial charge in [0.15, 0.2) is 0 Å². The number of nitrogens with two attached hydrogens (primary N) is 1. The maximum absolute atomic E-state index is 10.5. The molecule has 1 fully saturated rings. The Balaban J connectivity index is 0.000000187. The summed E-state index contributed by atoms with van der Waals surface area (Å²) in [5, 5.41) is 0. The van der Waals surface area contributed by atoms with Crippen molar-refractivity contribution in [1.82, 2.24) is 0 Å². The summed E-state index contributed by atoms with van der Waals surface area (Å²) in [6, 6.07) is 6.90. The van der Waals surface area contributed by atoms with Crippen molar-refractivity contribution in [1.29, 1.82) is 0 Å². The molecule has 1 saturated heterocycles. The van der Waals surface area contributed by atoms with Gasteiger partial charge in [-0.05, 0) is 49.4 Å². The summed E-state index contributed by atoms with van der Waals surface area (Å²) < 4.78 is 0.942. The Hall–Kier alpha value is -0.400. The normalized spacial score (nSPS) is 14.2. The Labute approximate surface area is 101 Å². The lowest BCUT2D eigenvalue weighted by atomic mass is 10.2. The van der Waals surface area contributed by atoms with Gasteiger partial charge in [0, 0.05) is 10.0 Å². The summed E-state index contributed by atoms with van der Waals surface area (Å²) in [5.74, 6) is -0.396. The molecule has 2 N–H and O–H groups in total. The third kappa shape index (κ3) is 5.29. The molecule has 1 aromatic rings. The van der Waals surface area contributed by atoms with Crippen molar-refractivity contribution in [2.45, 2.75) is 12.8 Å². The highest BCUT2D eigenvalue weighted by atomic mass is 79.9. The first-order chi connectivity index (χ1) is 7.20. The van der Waals surface area contributed by atoms with Crippen LogP contribution in [0, 0.1) is 0 Å². The number of halogens is 1. The number of rotatable bonds is 1. The monoisotopic (exact) mass is 287 g/mol. The molecule has 1 heterocycles. The average molecular weight is 288 g/mol. The van der Waals surface area contributed by atoms with E-state index >= 15 is 0 Å². The van der Waals surface area contributed by atoms with E-state index in [0.717, 1.165) is 4.47 Å². The van der Waals surface area contributed by atoms with Gasteiger partial charge in [-0.15, -0.1) is 8.58 Å². The van der Waals surface area contributed by atoms with Gasteiger partial charge in [0.25, 0.3) is 0 Å². The van der Waals surface area contributed by atoms with Crippen LogP contribution in [0.3, 0.4) is 0 Å². The summed E-state index contributed by atoms with van der Waals surface area (Å²) in [6.45, 7) is 0. The number of carbonyl (C=O) groups excluding carboxylic acids is 1. The highest BCUT2D eigenvalue weighted by molar-refractivity contribution is 9.10. The third-order valence-electron chi connectivity index (χ3n) is 2.09. The molecule has 1 aliphatic heterocycles. The van der Waals surface area contributed by atoms with Crippen LogP contribution in [0.4, 0.5) is 0 Å². The molecule has 1 amide bonds. The minimum Gasteiger partial charge on any atom is -0.366 e. The van der Waals surface area contributed by atoms with E-state index in [1.54, 1.807) is 24.3 Å². The van der Waals surface area contributed by atoms with Crippen molar-refractivity contribution >= 4 is 30.4 Å². The molecule has 0 radical (unpaired) electrons. The minimum absolute atomic E-state index is 0.396. The molecule has 0 saturated carbocycles. The van der Waals surface area contributed by atoms with Crippen molar-refractivity contribution in [3.05, 3.63) is 34.3 Å². The number of amides is 1. The second-order valence-corrected chi connectivity index (χ2v) is 5.74. The topological polar surface area (TPSA) is 43.1 Å². The zero-order valence-corrected chi connectivity index (χ0v) is 11.1. The SMILES string of the molecule is C1CCPC1.NC(=O)c1ccc(Br)cc1. The van der Waals surface area contributed by atoms with Gasteiger partial charge in [0.1, 0.15) is 0 Å². The zero-order valence-electron chi connectivity index (χ0n) is 8.50. The molecule has 2 nitrogen and oxygen atoms in total. The van der Waals surface area contributed by atoms with E-state index in [-0.39, 0.29) is 0 Å². The molecule has 0 atom stereocenters. The van der Waals surface area contributed by atoms with Gasteiger partial charge in [0.05, 0.1) is 0 Å². The number of primary amides is 1. The fraction of sp³-hybridized carbons (Fsp3) is 0.364. The Morgan fingerprint density at radius 2 is 1.73 bits per heavy atom. The minimum atomic E-state index is -0.396. The summed E-state index contributed by atoms with van der Waals surface area (Å²) >= 11 is 3.24. The molecule has 2 rings (SSSR count). The molecule has 1 aliphatic rings. The van der Waals surface area contributed by atoms with Crippen molar-refractivity contribution in [3.63, 3.8) is 0 Å². The fourth-order valence-corrected chi connectivity index (χ4v) is 2.75. The van der Waals surface area contributed by atoms with Crippen LogP contribution in [0.25, 0.3) is 0 Å². The van der Waals surface area contributed by atoms with Crippen LogP contribution < -0.4 is 5.73 Å². The van der Waals surface area contributed by atoms with E-state index in [1.165, 1.54) is 33.7 Å². The summed E-state index contributed by atoms with van der Waals surface area (Å²) in [7, 11) is 1.31. The zero-order chi connectivity index (χ0) is 11.1. The lowest BCUT2D eigenvalue weighted by Crippen LogP contribution is -2.10. The number of benzene rings is 1. The fourth-order valence-electron chi connectivity index (χ4n) is 1.24. The van der Waals surface area contributed by atoms with Gasteiger partial charge in [-0.2, -0.15) is 0 Å². The lowest BCUT2D eigenvalue weighted by Gasteiger charge is -1.92. The Bertz CT molecular complexity index is 301. The Morgan fingerprint density at radius 1 is 1.20 bits per heavy atom. The smallest absolute Gasteiger partial charge is 0.248 e. The van der Waals surface area contributed by atoms with Crippen LogP contribution in [0.5, 0.6) is 0 Å². The van der Waals surface area contributed by atoms with Crippen LogP contribution >= 0.6 is 24.5 Å². The van der Waals surface area contributed by atoms with Crippen molar-refractivity contribution in [3.8, 4) is 0 Å². The first-order valence-corrected chi connectivity index (χ1v) is 7.17. The largest absolute Gasteiger partial charge is 0.366 e. The second-order valence-electron chi connectivity index (χ2n) is 3.33. The molecule has 0 unspecified atom stereocenters. The van der Waals surface area contributed by atoms with E-state index in [1.807, 2.05) is 0 Å². The summed E-state index contributed by atoms with van der Waals surface area (Å²) in [4.78, 5) is 10.5.